The molecule has 0 saturated heterocycles. The number of aromatic nitrogens is 3. The van der Waals surface area contributed by atoms with E-state index in [1.54, 1.807) is 0 Å². The normalized spacial score (nSPS) is 12.4. The number of H-pyrrole nitrogens is 1. The molecule has 0 bridgehead atoms. The lowest BCUT2D eigenvalue weighted by molar-refractivity contribution is 0.123. The summed E-state index contributed by atoms with van der Waals surface area (Å²) in [5.41, 5.74) is -0.248. The fourth-order valence-electron chi connectivity index (χ4n) is 1.30. The van der Waals surface area contributed by atoms with Crippen molar-refractivity contribution in [2.45, 2.75) is 45.6 Å². The van der Waals surface area contributed by atoms with Crippen LogP contribution in [0.3, 0.4) is 0 Å². The summed E-state index contributed by atoms with van der Waals surface area (Å²) in [4.78, 5) is 0. The maximum absolute atomic E-state index is 12.3. The molecule has 0 aliphatic carbocycles. The second-order valence-electron chi connectivity index (χ2n) is 4.09. The minimum Gasteiger partial charge on any atom is -0.298 e. The second-order valence-corrected chi connectivity index (χ2v) is 4.48. The van der Waals surface area contributed by atoms with E-state index in [0.29, 0.717) is 5.82 Å². The lowest BCUT2D eigenvalue weighted by Gasteiger charge is -2.22. The Morgan fingerprint density at radius 2 is 2.13 bits per heavy atom. The lowest BCUT2D eigenvalue weighted by Crippen LogP contribution is -2.23. The molecule has 0 saturated carbocycles. The van der Waals surface area contributed by atoms with Crippen LogP contribution in [0.2, 0.25) is 0 Å². The average Bonchev–Trinajstić information content (AvgIpc) is 2.48. The van der Waals surface area contributed by atoms with E-state index >= 15 is 0 Å². The first kappa shape index (κ1) is 12.3. The maximum atomic E-state index is 12.3. The van der Waals surface area contributed by atoms with Gasteiger partial charge in [-0.05, 0) is 18.6 Å². The Morgan fingerprint density at radius 1 is 1.53 bits per heavy atom. The first-order chi connectivity index (χ1) is 6.88. The SMILES string of the molecule is CCC(C)(C)c1n[nH]c(=S)n1CC(F)F. The molecule has 1 aromatic rings. The van der Waals surface area contributed by atoms with E-state index in [0.717, 1.165) is 6.42 Å². The van der Waals surface area contributed by atoms with Gasteiger partial charge in [0.25, 0.3) is 6.43 Å². The zero-order valence-corrected chi connectivity index (χ0v) is 9.87. The van der Waals surface area contributed by atoms with E-state index in [1.165, 1.54) is 4.57 Å². The van der Waals surface area contributed by atoms with Crippen LogP contribution in [0.4, 0.5) is 8.78 Å². The summed E-state index contributed by atoms with van der Waals surface area (Å²) in [6, 6.07) is 0. The predicted octanol–water partition coefficient (Wildman–Crippen LogP) is 2.89. The van der Waals surface area contributed by atoms with Crippen LogP contribution in [0, 0.1) is 4.77 Å². The van der Waals surface area contributed by atoms with Crippen molar-refractivity contribution in [1.82, 2.24) is 14.8 Å². The van der Waals surface area contributed by atoms with Crippen LogP contribution in [-0.2, 0) is 12.0 Å². The summed E-state index contributed by atoms with van der Waals surface area (Å²) in [6.07, 6.45) is -1.60. The predicted molar refractivity (Wildman–Crippen MR) is 56.7 cm³/mol. The molecule has 6 heteroatoms. The van der Waals surface area contributed by atoms with Gasteiger partial charge in [-0.2, -0.15) is 5.10 Å². The van der Waals surface area contributed by atoms with E-state index in [-0.39, 0.29) is 10.2 Å². The van der Waals surface area contributed by atoms with Crippen LogP contribution in [0.25, 0.3) is 0 Å². The van der Waals surface area contributed by atoms with E-state index in [1.807, 2.05) is 20.8 Å². The highest BCUT2D eigenvalue weighted by Gasteiger charge is 2.25. The third kappa shape index (κ3) is 2.62. The fourth-order valence-corrected chi connectivity index (χ4v) is 1.51. The first-order valence-electron chi connectivity index (χ1n) is 4.82. The molecule has 0 radical (unpaired) electrons. The highest BCUT2D eigenvalue weighted by molar-refractivity contribution is 7.71. The zero-order chi connectivity index (χ0) is 11.6. The van der Waals surface area contributed by atoms with Crippen LogP contribution in [0.15, 0.2) is 0 Å². The molecule has 1 aromatic heterocycles. The van der Waals surface area contributed by atoms with Crippen LogP contribution in [0.1, 0.15) is 33.0 Å². The third-order valence-corrected chi connectivity index (χ3v) is 2.88. The third-order valence-electron chi connectivity index (χ3n) is 2.57. The molecule has 1 heterocycles. The highest BCUT2D eigenvalue weighted by atomic mass is 32.1. The van der Waals surface area contributed by atoms with Gasteiger partial charge in [0.05, 0.1) is 6.54 Å². The Hall–Kier alpha value is -0.780. The molecule has 0 unspecified atom stereocenters. The van der Waals surface area contributed by atoms with Gasteiger partial charge in [0.1, 0.15) is 5.82 Å². The van der Waals surface area contributed by atoms with Gasteiger partial charge in [0, 0.05) is 5.41 Å². The Bertz CT molecular complexity index is 381. The number of aromatic amines is 1. The number of hydrogen-bond donors (Lipinski definition) is 1. The number of rotatable bonds is 4. The van der Waals surface area contributed by atoms with E-state index in [2.05, 4.69) is 10.2 Å². The van der Waals surface area contributed by atoms with Crippen molar-refractivity contribution in [1.29, 1.82) is 0 Å². The molecule has 0 aliphatic heterocycles. The molecule has 0 amide bonds. The smallest absolute Gasteiger partial charge is 0.256 e. The number of hydrogen-bond acceptors (Lipinski definition) is 2. The summed E-state index contributed by atoms with van der Waals surface area (Å²) < 4.78 is 26.3. The Morgan fingerprint density at radius 3 is 2.60 bits per heavy atom. The molecule has 0 atom stereocenters. The molecular weight excluding hydrogens is 220 g/mol. The molecule has 0 fully saturated rings. The monoisotopic (exact) mass is 235 g/mol. The quantitative estimate of drug-likeness (QED) is 0.814. The maximum Gasteiger partial charge on any atom is 0.256 e. The molecule has 0 aliphatic rings. The molecule has 15 heavy (non-hydrogen) atoms. The molecule has 0 aromatic carbocycles. The summed E-state index contributed by atoms with van der Waals surface area (Å²) in [6.45, 7) is 5.51. The minimum atomic E-state index is -2.42. The van der Waals surface area contributed by atoms with Crippen molar-refractivity contribution in [3.8, 4) is 0 Å². The number of nitrogens with one attached hydrogen (secondary N) is 1. The molecular formula is C9H15F2N3S. The molecule has 86 valence electrons. The minimum absolute atomic E-state index is 0.248. The van der Waals surface area contributed by atoms with Crippen molar-refractivity contribution in [3.63, 3.8) is 0 Å². The van der Waals surface area contributed by atoms with Gasteiger partial charge in [-0.25, -0.2) is 8.78 Å². The fraction of sp³-hybridized carbons (Fsp3) is 0.778. The summed E-state index contributed by atoms with van der Waals surface area (Å²) in [7, 11) is 0. The van der Waals surface area contributed by atoms with Crippen molar-refractivity contribution in [3.05, 3.63) is 10.6 Å². The first-order valence-corrected chi connectivity index (χ1v) is 5.23. The van der Waals surface area contributed by atoms with Gasteiger partial charge < -0.3 is 0 Å². The van der Waals surface area contributed by atoms with Gasteiger partial charge in [-0.15, -0.1) is 0 Å². The van der Waals surface area contributed by atoms with Gasteiger partial charge >= 0.3 is 0 Å². The number of halogens is 2. The topological polar surface area (TPSA) is 33.6 Å². The highest BCUT2D eigenvalue weighted by Crippen LogP contribution is 2.25. The second kappa shape index (κ2) is 4.38. The Balaban J connectivity index is 3.14. The summed E-state index contributed by atoms with van der Waals surface area (Å²) >= 11 is 4.92. The molecule has 3 nitrogen and oxygen atoms in total. The zero-order valence-electron chi connectivity index (χ0n) is 9.05. The Labute approximate surface area is 92.5 Å². The van der Waals surface area contributed by atoms with Crippen molar-refractivity contribution in [2.75, 3.05) is 0 Å². The number of alkyl halides is 2. The van der Waals surface area contributed by atoms with Crippen LogP contribution in [-0.4, -0.2) is 21.2 Å². The van der Waals surface area contributed by atoms with E-state index < -0.39 is 13.0 Å². The van der Waals surface area contributed by atoms with Crippen LogP contribution >= 0.6 is 12.2 Å². The van der Waals surface area contributed by atoms with Crippen molar-refractivity contribution < 1.29 is 8.78 Å². The van der Waals surface area contributed by atoms with Gasteiger partial charge in [-0.3, -0.25) is 9.67 Å². The van der Waals surface area contributed by atoms with Crippen LogP contribution in [0.5, 0.6) is 0 Å². The van der Waals surface area contributed by atoms with Gasteiger partial charge in [0.15, 0.2) is 4.77 Å². The Kier molecular flexibility index (Phi) is 3.59. The molecule has 1 rings (SSSR count). The standard InChI is InChI=1S/C9H15F2N3S/c1-4-9(2,3)7-12-13-8(15)14(7)5-6(10)11/h6H,4-5H2,1-3H3,(H,13,15). The van der Waals surface area contributed by atoms with E-state index in [4.69, 9.17) is 12.2 Å². The average molecular weight is 235 g/mol. The van der Waals surface area contributed by atoms with E-state index in [9.17, 15) is 8.78 Å². The van der Waals surface area contributed by atoms with Crippen molar-refractivity contribution in [2.24, 2.45) is 0 Å². The summed E-state index contributed by atoms with van der Waals surface area (Å²) in [5, 5.41) is 6.59. The van der Waals surface area contributed by atoms with Crippen LogP contribution < -0.4 is 0 Å². The molecule has 1 N–H and O–H groups in total. The van der Waals surface area contributed by atoms with Gasteiger partial charge in [0.2, 0.25) is 0 Å². The van der Waals surface area contributed by atoms with Gasteiger partial charge in [-0.1, -0.05) is 20.8 Å². The molecule has 0 spiro atoms. The lowest BCUT2D eigenvalue weighted by atomic mass is 9.89. The number of nitrogens with zero attached hydrogens (tertiary/aromatic N) is 2. The summed E-state index contributed by atoms with van der Waals surface area (Å²) in [5.74, 6) is 0.593. The largest absolute Gasteiger partial charge is 0.298 e. The van der Waals surface area contributed by atoms with Crippen molar-refractivity contribution >= 4 is 12.2 Å².